The Morgan fingerprint density at radius 3 is 2.96 bits per heavy atom. The zero-order valence-corrected chi connectivity index (χ0v) is 14.5. The number of rotatable bonds is 6. The van der Waals surface area contributed by atoms with Gasteiger partial charge in [-0.05, 0) is 43.9 Å². The molecule has 2 atom stereocenters. The first-order chi connectivity index (χ1) is 11.0. The molecule has 1 fully saturated rings. The van der Waals surface area contributed by atoms with Gasteiger partial charge in [-0.3, -0.25) is 4.79 Å². The molecule has 1 aliphatic rings. The first-order valence-electron chi connectivity index (χ1n) is 7.99. The second-order valence-corrected chi connectivity index (χ2v) is 6.43. The van der Waals surface area contributed by atoms with E-state index in [2.05, 4.69) is 0 Å². The van der Waals surface area contributed by atoms with Gasteiger partial charge in [0.1, 0.15) is 12.4 Å². The van der Waals surface area contributed by atoms with Crippen LogP contribution in [0.15, 0.2) is 18.2 Å². The molecule has 1 aliphatic heterocycles. The van der Waals surface area contributed by atoms with Crippen molar-refractivity contribution in [1.29, 1.82) is 0 Å². The molecule has 0 aromatic heterocycles. The number of likely N-dealkylation sites (tertiary alicyclic amines) is 1. The summed E-state index contributed by atoms with van der Waals surface area (Å²) in [6, 6.07) is 5.21. The summed E-state index contributed by atoms with van der Waals surface area (Å²) < 4.78 is 10.6. The summed E-state index contributed by atoms with van der Waals surface area (Å²) in [5.41, 5.74) is 6.50. The minimum Gasteiger partial charge on any atom is -0.490 e. The summed E-state index contributed by atoms with van der Waals surface area (Å²) in [5.74, 6) is 0.828. The number of methoxy groups -OCH3 is 1. The second kappa shape index (κ2) is 8.52. The molecule has 0 bridgehead atoms. The van der Waals surface area contributed by atoms with Crippen molar-refractivity contribution < 1.29 is 14.3 Å². The topological polar surface area (TPSA) is 64.8 Å². The number of carbonyl (C=O) groups is 1. The lowest BCUT2D eigenvalue weighted by Crippen LogP contribution is -2.45. The fourth-order valence-electron chi connectivity index (χ4n) is 2.82. The van der Waals surface area contributed by atoms with Gasteiger partial charge in [0.2, 0.25) is 0 Å². The van der Waals surface area contributed by atoms with E-state index in [0.717, 1.165) is 19.4 Å². The number of hydrogen-bond donors (Lipinski definition) is 1. The van der Waals surface area contributed by atoms with Gasteiger partial charge in [0, 0.05) is 31.3 Å². The largest absolute Gasteiger partial charge is 0.490 e. The normalized spacial score (nSPS) is 19.5. The van der Waals surface area contributed by atoms with Gasteiger partial charge < -0.3 is 20.1 Å². The molecule has 2 rings (SSSR count). The van der Waals surface area contributed by atoms with Crippen LogP contribution in [0, 0.1) is 5.92 Å². The van der Waals surface area contributed by atoms with Gasteiger partial charge in [-0.1, -0.05) is 11.6 Å². The number of halogens is 1. The summed E-state index contributed by atoms with van der Waals surface area (Å²) >= 11 is 6.07. The highest BCUT2D eigenvalue weighted by Gasteiger charge is 2.28. The quantitative estimate of drug-likeness (QED) is 0.808. The first kappa shape index (κ1) is 18.0. The maximum absolute atomic E-state index is 12.9. The number of benzene rings is 1. The van der Waals surface area contributed by atoms with Crippen LogP contribution in [0.5, 0.6) is 5.75 Å². The molecule has 2 N–H and O–H groups in total. The molecular weight excluding hydrogens is 316 g/mol. The van der Waals surface area contributed by atoms with E-state index in [0.29, 0.717) is 42.0 Å². The van der Waals surface area contributed by atoms with Crippen LogP contribution >= 0.6 is 11.6 Å². The van der Waals surface area contributed by atoms with Crippen molar-refractivity contribution in [2.75, 3.05) is 33.4 Å². The molecule has 1 saturated heterocycles. The van der Waals surface area contributed by atoms with Gasteiger partial charge in [0.25, 0.3) is 5.91 Å². The number of nitrogens with zero attached hydrogens (tertiary/aromatic N) is 1. The van der Waals surface area contributed by atoms with Crippen LogP contribution in [-0.4, -0.2) is 50.3 Å². The minimum absolute atomic E-state index is 0.0507. The van der Waals surface area contributed by atoms with Gasteiger partial charge in [-0.2, -0.15) is 0 Å². The van der Waals surface area contributed by atoms with E-state index in [1.807, 2.05) is 11.8 Å². The van der Waals surface area contributed by atoms with Crippen molar-refractivity contribution in [2.45, 2.75) is 25.8 Å². The van der Waals surface area contributed by atoms with Crippen molar-refractivity contribution in [3.05, 3.63) is 28.8 Å². The third kappa shape index (κ3) is 4.83. The van der Waals surface area contributed by atoms with E-state index in [-0.39, 0.29) is 11.9 Å². The number of piperidine rings is 1. The lowest BCUT2D eigenvalue weighted by atomic mass is 9.92. The van der Waals surface area contributed by atoms with Gasteiger partial charge in [0.15, 0.2) is 0 Å². The molecule has 0 unspecified atom stereocenters. The first-order valence-corrected chi connectivity index (χ1v) is 8.37. The van der Waals surface area contributed by atoms with Gasteiger partial charge >= 0.3 is 0 Å². The molecule has 128 valence electrons. The third-order valence-electron chi connectivity index (χ3n) is 4.21. The molecule has 1 aromatic carbocycles. The summed E-state index contributed by atoms with van der Waals surface area (Å²) in [6.45, 7) is 4.28. The number of nitrogens with two attached hydrogens (primary N) is 1. The SMILES string of the molecule is COCCOc1ccc(Cl)cc1C(=O)N1CCC[C@H]([C@@H](C)N)C1. The Morgan fingerprint density at radius 1 is 1.48 bits per heavy atom. The van der Waals surface area contributed by atoms with Crippen LogP contribution in [0.25, 0.3) is 0 Å². The van der Waals surface area contributed by atoms with Crippen molar-refractivity contribution in [3.8, 4) is 5.75 Å². The maximum Gasteiger partial charge on any atom is 0.257 e. The Morgan fingerprint density at radius 2 is 2.26 bits per heavy atom. The van der Waals surface area contributed by atoms with E-state index in [1.54, 1.807) is 25.3 Å². The Bertz CT molecular complexity index is 537. The molecule has 1 aromatic rings. The molecular formula is C17H25ClN2O3. The molecule has 6 heteroatoms. The Labute approximate surface area is 142 Å². The lowest BCUT2D eigenvalue weighted by Gasteiger charge is -2.35. The van der Waals surface area contributed by atoms with E-state index in [4.69, 9.17) is 26.8 Å². The number of amides is 1. The van der Waals surface area contributed by atoms with E-state index in [9.17, 15) is 4.79 Å². The highest BCUT2D eigenvalue weighted by molar-refractivity contribution is 6.31. The van der Waals surface area contributed by atoms with Crippen LogP contribution in [0.1, 0.15) is 30.1 Å². The van der Waals surface area contributed by atoms with E-state index >= 15 is 0 Å². The predicted molar refractivity (Wildman–Crippen MR) is 91.1 cm³/mol. The van der Waals surface area contributed by atoms with Crippen LogP contribution < -0.4 is 10.5 Å². The van der Waals surface area contributed by atoms with Crippen molar-refractivity contribution in [2.24, 2.45) is 11.7 Å². The van der Waals surface area contributed by atoms with Crippen LogP contribution in [0.2, 0.25) is 5.02 Å². The van der Waals surface area contributed by atoms with E-state index < -0.39 is 0 Å². The number of ether oxygens (including phenoxy) is 2. The van der Waals surface area contributed by atoms with E-state index in [1.165, 1.54) is 0 Å². The van der Waals surface area contributed by atoms with Crippen LogP contribution in [-0.2, 0) is 4.74 Å². The van der Waals surface area contributed by atoms with Crippen LogP contribution in [0.4, 0.5) is 0 Å². The molecule has 0 spiro atoms. The number of carbonyl (C=O) groups excluding carboxylic acids is 1. The Hall–Kier alpha value is -1.30. The van der Waals surface area contributed by atoms with Crippen molar-refractivity contribution >= 4 is 17.5 Å². The summed E-state index contributed by atoms with van der Waals surface area (Å²) in [6.07, 6.45) is 2.03. The highest BCUT2D eigenvalue weighted by Crippen LogP contribution is 2.27. The third-order valence-corrected chi connectivity index (χ3v) is 4.44. The summed E-state index contributed by atoms with van der Waals surface area (Å²) in [4.78, 5) is 14.7. The number of hydrogen-bond acceptors (Lipinski definition) is 4. The van der Waals surface area contributed by atoms with Crippen LogP contribution in [0.3, 0.4) is 0 Å². The maximum atomic E-state index is 12.9. The molecule has 23 heavy (non-hydrogen) atoms. The smallest absolute Gasteiger partial charge is 0.257 e. The zero-order chi connectivity index (χ0) is 16.8. The zero-order valence-electron chi connectivity index (χ0n) is 13.8. The Balaban J connectivity index is 2.15. The minimum atomic E-state index is -0.0507. The standard InChI is InChI=1S/C17H25ClN2O3/c1-12(19)13-4-3-7-20(11-13)17(21)15-10-14(18)5-6-16(15)23-9-8-22-2/h5-6,10,12-13H,3-4,7-9,11,19H2,1-2H3/t12-,13+/m1/s1. The van der Waals surface area contributed by atoms with Gasteiger partial charge in [0.05, 0.1) is 12.2 Å². The summed E-state index contributed by atoms with van der Waals surface area (Å²) in [5, 5.41) is 0.521. The molecule has 1 heterocycles. The fraction of sp³-hybridized carbons (Fsp3) is 0.588. The average molecular weight is 341 g/mol. The average Bonchev–Trinajstić information content (AvgIpc) is 2.55. The molecule has 0 radical (unpaired) electrons. The molecule has 0 saturated carbocycles. The lowest BCUT2D eigenvalue weighted by molar-refractivity contribution is 0.0654. The second-order valence-electron chi connectivity index (χ2n) is 5.99. The van der Waals surface area contributed by atoms with Gasteiger partial charge in [-0.25, -0.2) is 0 Å². The fourth-order valence-corrected chi connectivity index (χ4v) is 3.00. The molecule has 0 aliphatic carbocycles. The highest BCUT2D eigenvalue weighted by atomic mass is 35.5. The molecule has 5 nitrogen and oxygen atoms in total. The Kier molecular flexibility index (Phi) is 6.69. The summed E-state index contributed by atoms with van der Waals surface area (Å²) in [7, 11) is 1.61. The van der Waals surface area contributed by atoms with Gasteiger partial charge in [-0.15, -0.1) is 0 Å². The van der Waals surface area contributed by atoms with Crippen molar-refractivity contribution in [1.82, 2.24) is 4.90 Å². The molecule has 1 amide bonds. The van der Waals surface area contributed by atoms with Crippen molar-refractivity contribution in [3.63, 3.8) is 0 Å². The monoisotopic (exact) mass is 340 g/mol. The predicted octanol–water partition coefficient (Wildman–Crippen LogP) is 2.56.